The molecule has 1 radical (unpaired) electrons. The van der Waals surface area contributed by atoms with Gasteiger partial charge in [-0.3, -0.25) is 0 Å². The van der Waals surface area contributed by atoms with Gasteiger partial charge in [-0.25, -0.2) is 0 Å². The number of aryl methyl sites for hydroxylation is 2. The smallest absolute Gasteiger partial charge is 0.306 e. The third-order valence-electron chi connectivity index (χ3n) is 1.64. The third kappa shape index (κ3) is 3.06. The van der Waals surface area contributed by atoms with Crippen LogP contribution in [0.2, 0.25) is 0 Å². The van der Waals surface area contributed by atoms with Crippen LogP contribution in [0.5, 0.6) is 5.75 Å². The van der Waals surface area contributed by atoms with E-state index in [1.807, 2.05) is 13.8 Å². The van der Waals surface area contributed by atoms with Crippen LogP contribution in [0.25, 0.3) is 0 Å². The highest BCUT2D eigenvalue weighted by Crippen LogP contribution is 2.16. The van der Waals surface area contributed by atoms with E-state index in [1.165, 1.54) is 0 Å². The lowest BCUT2D eigenvalue weighted by Crippen LogP contribution is -2.05. The first kappa shape index (κ1) is 10.1. The van der Waals surface area contributed by atoms with Gasteiger partial charge in [-0.05, 0) is 37.1 Å². The molecule has 0 aliphatic rings. The predicted molar refractivity (Wildman–Crippen MR) is 50.2 cm³/mol. The van der Waals surface area contributed by atoms with Crippen molar-refractivity contribution in [2.45, 2.75) is 13.8 Å². The van der Waals surface area contributed by atoms with Gasteiger partial charge in [0, 0.05) is 6.07 Å². The lowest BCUT2D eigenvalue weighted by atomic mass is 10.1. The van der Waals surface area contributed by atoms with Gasteiger partial charge in [0.15, 0.2) is 5.75 Å². The first-order chi connectivity index (χ1) is 5.88. The fourth-order valence-electron chi connectivity index (χ4n) is 0.857. The van der Waals surface area contributed by atoms with Crippen LogP contribution in [-0.4, -0.2) is 14.7 Å². The zero-order valence-corrected chi connectivity index (χ0v) is 8.60. The van der Waals surface area contributed by atoms with Gasteiger partial charge in [0.05, 0.1) is 6.26 Å². The summed E-state index contributed by atoms with van der Waals surface area (Å²) in [6.45, 7) is 3.81. The molecule has 0 atom stereocenters. The number of benzene rings is 1. The monoisotopic (exact) mass is 199 g/mol. The second kappa shape index (κ2) is 3.38. The Balaban J connectivity index is 2.99. The normalized spacial score (nSPS) is 11.3. The summed E-state index contributed by atoms with van der Waals surface area (Å²) in [5.74, 6) is 0.241. The summed E-state index contributed by atoms with van der Waals surface area (Å²) < 4.78 is 26.2. The molecule has 0 amide bonds. The quantitative estimate of drug-likeness (QED) is 0.677. The maximum Gasteiger partial charge on any atom is 0.306 e. The average molecular weight is 199 g/mol. The van der Waals surface area contributed by atoms with E-state index in [0.717, 1.165) is 17.4 Å². The Morgan fingerprint density at radius 1 is 1.31 bits per heavy atom. The highest BCUT2D eigenvalue weighted by molar-refractivity contribution is 7.86. The van der Waals surface area contributed by atoms with Crippen molar-refractivity contribution in [3.05, 3.63) is 29.3 Å². The molecule has 0 spiro atoms. The molecule has 0 saturated heterocycles. The topological polar surface area (TPSA) is 43.4 Å². The standard InChI is InChI=1S/C9H11O3S/c1-7-4-5-9(6-8(7)2)12-13(3,10)11/h4,6H,1-3H3. The van der Waals surface area contributed by atoms with Gasteiger partial charge in [-0.1, -0.05) is 0 Å². The molecule has 1 rings (SSSR count). The Kier molecular flexibility index (Phi) is 2.61. The lowest BCUT2D eigenvalue weighted by molar-refractivity contribution is 0.492. The van der Waals surface area contributed by atoms with E-state index >= 15 is 0 Å². The molecule has 0 saturated carbocycles. The largest absolute Gasteiger partial charge is 0.382 e. The zero-order valence-electron chi connectivity index (χ0n) is 7.79. The Morgan fingerprint density at radius 3 is 2.38 bits per heavy atom. The maximum absolute atomic E-state index is 10.8. The van der Waals surface area contributed by atoms with Crippen molar-refractivity contribution < 1.29 is 12.6 Å². The Bertz CT molecular complexity index is 407. The maximum atomic E-state index is 10.8. The molecule has 13 heavy (non-hydrogen) atoms. The van der Waals surface area contributed by atoms with Crippen molar-refractivity contribution in [1.82, 2.24) is 0 Å². The highest BCUT2D eigenvalue weighted by Gasteiger charge is 2.04. The van der Waals surface area contributed by atoms with Crippen LogP contribution in [0.15, 0.2) is 12.1 Å². The molecule has 0 bridgehead atoms. The molecular formula is C9H11O3S. The SMILES string of the molecule is Cc1c[c]c(OS(C)(=O)=O)cc1C. The minimum absolute atomic E-state index is 0.241. The summed E-state index contributed by atoms with van der Waals surface area (Å²) in [6, 6.07) is 6.09. The van der Waals surface area contributed by atoms with Gasteiger partial charge in [0.1, 0.15) is 0 Å². The van der Waals surface area contributed by atoms with Gasteiger partial charge < -0.3 is 4.18 Å². The summed E-state index contributed by atoms with van der Waals surface area (Å²) in [7, 11) is -3.44. The summed E-state index contributed by atoms with van der Waals surface area (Å²) in [6.07, 6.45) is 1.01. The minimum Gasteiger partial charge on any atom is -0.382 e. The van der Waals surface area contributed by atoms with Gasteiger partial charge in [-0.15, -0.1) is 0 Å². The summed E-state index contributed by atoms with van der Waals surface area (Å²) >= 11 is 0. The van der Waals surface area contributed by atoms with E-state index in [2.05, 4.69) is 10.2 Å². The van der Waals surface area contributed by atoms with Crippen LogP contribution >= 0.6 is 0 Å². The fraction of sp³-hybridized carbons (Fsp3) is 0.333. The lowest BCUT2D eigenvalue weighted by Gasteiger charge is -2.04. The van der Waals surface area contributed by atoms with Crippen LogP contribution in [-0.2, 0) is 10.1 Å². The van der Waals surface area contributed by atoms with Crippen molar-refractivity contribution in [1.29, 1.82) is 0 Å². The van der Waals surface area contributed by atoms with Crippen LogP contribution in [0.4, 0.5) is 0 Å². The molecule has 1 aromatic carbocycles. The number of rotatable bonds is 2. The van der Waals surface area contributed by atoms with E-state index in [1.54, 1.807) is 12.1 Å². The summed E-state index contributed by atoms with van der Waals surface area (Å²) in [5.41, 5.74) is 2.04. The third-order valence-corrected chi connectivity index (χ3v) is 2.12. The Labute approximate surface area is 78.5 Å². The molecule has 3 nitrogen and oxygen atoms in total. The summed E-state index contributed by atoms with van der Waals surface area (Å²) in [4.78, 5) is 0. The number of hydrogen-bond donors (Lipinski definition) is 0. The fourth-order valence-corrected chi connectivity index (χ4v) is 1.28. The van der Waals surface area contributed by atoms with Crippen molar-refractivity contribution in [2.24, 2.45) is 0 Å². The average Bonchev–Trinajstić information content (AvgIpc) is 1.94. The van der Waals surface area contributed by atoms with E-state index in [-0.39, 0.29) is 5.75 Å². The van der Waals surface area contributed by atoms with Gasteiger partial charge in [0.25, 0.3) is 0 Å². The molecular weight excluding hydrogens is 188 g/mol. The van der Waals surface area contributed by atoms with Gasteiger partial charge in [0.2, 0.25) is 0 Å². The molecule has 0 aliphatic heterocycles. The second-order valence-corrected chi connectivity index (χ2v) is 4.53. The van der Waals surface area contributed by atoms with Gasteiger partial charge >= 0.3 is 10.1 Å². The molecule has 0 aromatic heterocycles. The minimum atomic E-state index is -3.44. The Morgan fingerprint density at radius 2 is 1.92 bits per heavy atom. The van der Waals surface area contributed by atoms with Crippen molar-refractivity contribution in [2.75, 3.05) is 6.26 Å². The molecule has 1 aromatic rings. The van der Waals surface area contributed by atoms with E-state index < -0.39 is 10.1 Å². The molecule has 0 aliphatic carbocycles. The molecule has 0 unspecified atom stereocenters. The molecule has 0 N–H and O–H groups in total. The van der Waals surface area contributed by atoms with E-state index in [4.69, 9.17) is 0 Å². The molecule has 4 heteroatoms. The Hall–Kier alpha value is -1.03. The first-order valence-electron chi connectivity index (χ1n) is 3.77. The number of hydrogen-bond acceptors (Lipinski definition) is 3. The molecule has 0 heterocycles. The van der Waals surface area contributed by atoms with Crippen LogP contribution in [0.1, 0.15) is 11.1 Å². The van der Waals surface area contributed by atoms with E-state index in [9.17, 15) is 8.42 Å². The van der Waals surface area contributed by atoms with Crippen molar-refractivity contribution >= 4 is 10.1 Å². The molecule has 71 valence electrons. The second-order valence-electron chi connectivity index (χ2n) is 2.95. The first-order valence-corrected chi connectivity index (χ1v) is 5.58. The van der Waals surface area contributed by atoms with Crippen LogP contribution in [0.3, 0.4) is 0 Å². The van der Waals surface area contributed by atoms with Gasteiger partial charge in [-0.2, -0.15) is 8.42 Å². The van der Waals surface area contributed by atoms with Crippen LogP contribution in [0, 0.1) is 19.9 Å². The molecule has 0 fully saturated rings. The zero-order chi connectivity index (χ0) is 10.1. The predicted octanol–water partition coefficient (Wildman–Crippen LogP) is 1.44. The van der Waals surface area contributed by atoms with Crippen molar-refractivity contribution in [3.8, 4) is 5.75 Å². The van der Waals surface area contributed by atoms with E-state index in [0.29, 0.717) is 0 Å². The highest BCUT2D eigenvalue weighted by atomic mass is 32.2. The van der Waals surface area contributed by atoms with Crippen molar-refractivity contribution in [3.63, 3.8) is 0 Å². The van der Waals surface area contributed by atoms with Crippen LogP contribution < -0.4 is 4.18 Å². The summed E-state index contributed by atoms with van der Waals surface area (Å²) in [5, 5.41) is 0.